The molecule has 0 saturated carbocycles. The Kier molecular flexibility index (Phi) is 4.98. The van der Waals surface area contributed by atoms with E-state index in [0.29, 0.717) is 6.54 Å². The Morgan fingerprint density at radius 1 is 1.24 bits per heavy atom. The largest absolute Gasteiger partial charge is 0.378 e. The first-order valence-corrected chi connectivity index (χ1v) is 7.25. The molecule has 2 N–H and O–H groups in total. The number of imidazole rings is 1. The molecule has 0 atom stereocenters. The van der Waals surface area contributed by atoms with Crippen LogP contribution in [-0.2, 0) is 17.9 Å². The van der Waals surface area contributed by atoms with E-state index in [1.807, 2.05) is 50.5 Å². The molecule has 112 valence electrons. The van der Waals surface area contributed by atoms with Crippen LogP contribution >= 0.6 is 0 Å². The topological polar surface area (TPSA) is 59.0 Å². The lowest BCUT2D eigenvalue weighted by Crippen LogP contribution is -2.17. The normalized spacial score (nSPS) is 10.7. The van der Waals surface area contributed by atoms with Crippen LogP contribution in [0, 0.1) is 5.92 Å². The molecule has 1 aromatic heterocycles. The molecule has 2 rings (SSSR count). The summed E-state index contributed by atoms with van der Waals surface area (Å²) in [6, 6.07) is 7.70. The van der Waals surface area contributed by atoms with Crippen molar-refractivity contribution in [1.82, 2.24) is 9.55 Å². The van der Waals surface area contributed by atoms with Crippen LogP contribution in [0.3, 0.4) is 0 Å². The fourth-order valence-corrected chi connectivity index (χ4v) is 1.93. The van der Waals surface area contributed by atoms with E-state index in [9.17, 15) is 4.79 Å². The van der Waals surface area contributed by atoms with Gasteiger partial charge in [-0.1, -0.05) is 13.8 Å². The maximum absolute atomic E-state index is 11.6. The number of rotatable bonds is 6. The van der Waals surface area contributed by atoms with E-state index in [0.717, 1.165) is 23.7 Å². The second kappa shape index (κ2) is 6.92. The first-order valence-electron chi connectivity index (χ1n) is 7.25. The lowest BCUT2D eigenvalue weighted by molar-refractivity contribution is -0.118. The molecule has 5 nitrogen and oxygen atoms in total. The molecule has 0 fully saturated rings. The number of nitrogens with zero attached hydrogens (tertiary/aromatic N) is 2. The highest BCUT2D eigenvalue weighted by atomic mass is 16.1. The molecule has 0 spiro atoms. The predicted octanol–water partition coefficient (Wildman–Crippen LogP) is 3.11. The number of anilines is 2. The summed E-state index contributed by atoms with van der Waals surface area (Å²) < 4.78 is 2.10. The fraction of sp³-hybridized carbons (Fsp3) is 0.375. The van der Waals surface area contributed by atoms with Gasteiger partial charge in [-0.25, -0.2) is 4.98 Å². The lowest BCUT2D eigenvalue weighted by Gasteiger charge is -2.10. The molecule has 0 aliphatic rings. The van der Waals surface area contributed by atoms with E-state index in [1.165, 1.54) is 0 Å². The number of aryl methyl sites for hydroxylation is 1. The molecule has 0 unspecified atom stereocenters. The van der Waals surface area contributed by atoms with Gasteiger partial charge < -0.3 is 15.2 Å². The summed E-state index contributed by atoms with van der Waals surface area (Å²) in [6.45, 7) is 7.44. The monoisotopic (exact) mass is 286 g/mol. The van der Waals surface area contributed by atoms with Gasteiger partial charge in [0.05, 0.1) is 6.54 Å². The predicted molar refractivity (Wildman–Crippen MR) is 85.1 cm³/mol. The number of hydrogen-bond donors (Lipinski definition) is 2. The highest BCUT2D eigenvalue weighted by molar-refractivity contribution is 5.92. The smallest absolute Gasteiger partial charge is 0.226 e. The van der Waals surface area contributed by atoms with Gasteiger partial charge in [0.2, 0.25) is 5.91 Å². The molecule has 0 saturated heterocycles. The standard InChI is InChI=1S/C16H22N4O/c1-4-20-10-9-17-15(20)11-18-13-5-7-14(8-6-13)19-16(21)12(2)3/h5-10,12,18H,4,11H2,1-3H3,(H,19,21). The van der Waals surface area contributed by atoms with E-state index in [4.69, 9.17) is 0 Å². The molecule has 0 aliphatic heterocycles. The van der Waals surface area contributed by atoms with Crippen LogP contribution in [0.2, 0.25) is 0 Å². The molecular formula is C16H22N4O. The first kappa shape index (κ1) is 15.1. The van der Waals surface area contributed by atoms with Gasteiger partial charge in [0.1, 0.15) is 5.82 Å². The number of carbonyl (C=O) groups excluding carboxylic acids is 1. The SMILES string of the molecule is CCn1ccnc1CNc1ccc(NC(=O)C(C)C)cc1. The highest BCUT2D eigenvalue weighted by Crippen LogP contribution is 2.15. The zero-order valence-corrected chi connectivity index (χ0v) is 12.8. The van der Waals surface area contributed by atoms with E-state index < -0.39 is 0 Å². The summed E-state index contributed by atoms with van der Waals surface area (Å²) in [5.74, 6) is 1.02. The number of hydrogen-bond acceptors (Lipinski definition) is 3. The summed E-state index contributed by atoms with van der Waals surface area (Å²) >= 11 is 0. The highest BCUT2D eigenvalue weighted by Gasteiger charge is 2.06. The number of amides is 1. The summed E-state index contributed by atoms with van der Waals surface area (Å²) in [5.41, 5.74) is 1.82. The second-order valence-corrected chi connectivity index (χ2v) is 5.20. The van der Waals surface area contributed by atoms with Gasteiger partial charge in [0, 0.05) is 36.2 Å². The van der Waals surface area contributed by atoms with Crippen molar-refractivity contribution in [2.45, 2.75) is 33.9 Å². The van der Waals surface area contributed by atoms with Gasteiger partial charge in [-0.05, 0) is 31.2 Å². The van der Waals surface area contributed by atoms with Crippen molar-refractivity contribution < 1.29 is 4.79 Å². The molecule has 1 aromatic carbocycles. The van der Waals surface area contributed by atoms with E-state index >= 15 is 0 Å². The summed E-state index contributed by atoms with van der Waals surface area (Å²) in [4.78, 5) is 15.9. The third kappa shape index (κ3) is 4.08. The maximum atomic E-state index is 11.6. The summed E-state index contributed by atoms with van der Waals surface area (Å²) in [7, 11) is 0. The van der Waals surface area contributed by atoms with Gasteiger partial charge >= 0.3 is 0 Å². The summed E-state index contributed by atoms with van der Waals surface area (Å²) in [6.07, 6.45) is 3.78. The molecule has 2 aromatic rings. The van der Waals surface area contributed by atoms with Gasteiger partial charge in [-0.15, -0.1) is 0 Å². The number of benzene rings is 1. The molecule has 0 radical (unpaired) electrons. The van der Waals surface area contributed by atoms with Crippen molar-refractivity contribution in [1.29, 1.82) is 0 Å². The molecule has 21 heavy (non-hydrogen) atoms. The molecule has 5 heteroatoms. The number of carbonyl (C=O) groups is 1. The molecule has 1 amide bonds. The average Bonchev–Trinajstić information content (AvgIpc) is 2.94. The van der Waals surface area contributed by atoms with E-state index in [2.05, 4.69) is 27.1 Å². The Labute approximate surface area is 125 Å². The van der Waals surface area contributed by atoms with Crippen LogP contribution < -0.4 is 10.6 Å². The molecule has 1 heterocycles. The molecule has 0 aliphatic carbocycles. The van der Waals surface area contributed by atoms with Crippen LogP contribution in [0.15, 0.2) is 36.7 Å². The zero-order valence-electron chi connectivity index (χ0n) is 12.8. The number of aromatic nitrogens is 2. The molecule has 0 bridgehead atoms. The zero-order chi connectivity index (χ0) is 15.2. The van der Waals surface area contributed by atoms with Crippen molar-refractivity contribution in [3.8, 4) is 0 Å². The summed E-state index contributed by atoms with van der Waals surface area (Å²) in [5, 5.41) is 6.20. The Hall–Kier alpha value is -2.30. The maximum Gasteiger partial charge on any atom is 0.226 e. The third-order valence-electron chi connectivity index (χ3n) is 3.27. The van der Waals surface area contributed by atoms with E-state index in [-0.39, 0.29) is 11.8 Å². The van der Waals surface area contributed by atoms with E-state index in [1.54, 1.807) is 0 Å². The van der Waals surface area contributed by atoms with Crippen molar-refractivity contribution in [2.24, 2.45) is 5.92 Å². The number of nitrogens with one attached hydrogen (secondary N) is 2. The van der Waals surface area contributed by atoms with Gasteiger partial charge in [0.25, 0.3) is 0 Å². The van der Waals surface area contributed by atoms with Crippen LogP contribution in [0.25, 0.3) is 0 Å². The minimum absolute atomic E-state index is 0.0179. The van der Waals surface area contributed by atoms with Crippen molar-refractivity contribution in [3.05, 3.63) is 42.5 Å². The Balaban J connectivity index is 1.92. The minimum atomic E-state index is -0.0179. The third-order valence-corrected chi connectivity index (χ3v) is 3.27. The van der Waals surface area contributed by atoms with Crippen LogP contribution in [0.1, 0.15) is 26.6 Å². The molecular weight excluding hydrogens is 264 g/mol. The quantitative estimate of drug-likeness (QED) is 0.858. The Bertz CT molecular complexity index is 587. The second-order valence-electron chi connectivity index (χ2n) is 5.20. The van der Waals surface area contributed by atoms with Crippen molar-refractivity contribution in [3.63, 3.8) is 0 Å². The van der Waals surface area contributed by atoms with Gasteiger partial charge in [-0.2, -0.15) is 0 Å². The van der Waals surface area contributed by atoms with Crippen LogP contribution in [0.4, 0.5) is 11.4 Å². The van der Waals surface area contributed by atoms with Gasteiger partial charge in [0.15, 0.2) is 0 Å². The van der Waals surface area contributed by atoms with Crippen LogP contribution in [-0.4, -0.2) is 15.5 Å². The fourth-order valence-electron chi connectivity index (χ4n) is 1.93. The van der Waals surface area contributed by atoms with Crippen molar-refractivity contribution >= 4 is 17.3 Å². The van der Waals surface area contributed by atoms with Gasteiger partial charge in [-0.3, -0.25) is 4.79 Å². The Morgan fingerprint density at radius 3 is 2.52 bits per heavy atom. The van der Waals surface area contributed by atoms with Crippen molar-refractivity contribution in [2.75, 3.05) is 10.6 Å². The Morgan fingerprint density at radius 2 is 1.90 bits per heavy atom. The van der Waals surface area contributed by atoms with Crippen LogP contribution in [0.5, 0.6) is 0 Å². The first-order chi connectivity index (χ1) is 10.1. The lowest BCUT2D eigenvalue weighted by atomic mass is 10.2. The average molecular weight is 286 g/mol. The minimum Gasteiger partial charge on any atom is -0.378 e.